The highest BCUT2D eigenvalue weighted by atomic mass is 79.9. The molecule has 0 fully saturated rings. The number of nitrogens with two attached hydrogens (primary N) is 1. The number of aryl methyl sites for hydroxylation is 2. The van der Waals surface area contributed by atoms with E-state index >= 15 is 0 Å². The third kappa shape index (κ3) is 46.6. The third-order valence-corrected chi connectivity index (χ3v) is 18.3. The third-order valence-electron chi connectivity index (χ3n) is 13.0. The number of benzene rings is 6. The number of carbonyl (C=O) groups excluding carboxylic acids is 7. The Morgan fingerprint density at radius 1 is 0.625 bits per heavy atom. The van der Waals surface area contributed by atoms with E-state index in [1.165, 1.54) is 64.5 Å². The van der Waals surface area contributed by atoms with Gasteiger partial charge in [-0.15, -0.1) is 47.0 Å². The van der Waals surface area contributed by atoms with Crippen LogP contribution in [0.5, 0.6) is 0 Å². The van der Waals surface area contributed by atoms with Crippen LogP contribution in [0.15, 0.2) is 164 Å². The molecular weight excluding hydrogens is 1470 g/mol. The maximum atomic E-state index is 12.6. The number of ether oxygens (including phenoxy) is 2. The molecule has 568 valence electrons. The molecule has 1 amide bonds. The lowest BCUT2D eigenvalue weighted by atomic mass is 9.96. The highest BCUT2D eigenvalue weighted by Crippen LogP contribution is 2.42. The van der Waals surface area contributed by atoms with E-state index in [1.54, 1.807) is 43.8 Å². The zero-order chi connectivity index (χ0) is 80.1. The summed E-state index contributed by atoms with van der Waals surface area (Å²) in [5.41, 5.74) is 16.8. The lowest BCUT2D eigenvalue weighted by Crippen LogP contribution is -2.16. The molecular formula is C80H107BrN4O15S4. The van der Waals surface area contributed by atoms with Gasteiger partial charge in [-0.2, -0.15) is 19.2 Å². The molecule has 2 unspecified atom stereocenters. The molecule has 0 aliphatic rings. The molecule has 104 heavy (non-hydrogen) atoms. The average molecular weight is 1570 g/mol. The van der Waals surface area contributed by atoms with E-state index in [-0.39, 0.29) is 76.7 Å². The number of amides is 1. The quantitative estimate of drug-likeness (QED) is 0.0108. The second kappa shape index (κ2) is 51.2. The van der Waals surface area contributed by atoms with Gasteiger partial charge in [0.1, 0.15) is 0 Å². The number of carbonyl (C=O) groups is 4. The first-order chi connectivity index (χ1) is 48.4. The number of nitrogens with zero attached hydrogens (tertiary/aromatic N) is 2. The van der Waals surface area contributed by atoms with Crippen molar-refractivity contribution in [2.45, 2.75) is 228 Å². The summed E-state index contributed by atoms with van der Waals surface area (Å²) in [5, 5.41) is 33.6. The second-order valence-corrected chi connectivity index (χ2v) is 35.6. The lowest BCUT2D eigenvalue weighted by molar-refractivity contribution is -0.387. The number of esters is 1. The first-order valence-electron chi connectivity index (χ1n) is 33.5. The minimum absolute atomic E-state index is 0.0181. The summed E-state index contributed by atoms with van der Waals surface area (Å²) in [4.78, 5) is 101. The number of rotatable bonds is 22. The summed E-state index contributed by atoms with van der Waals surface area (Å²) in [6.45, 7) is 44.6. The molecule has 0 radical (unpaired) electrons. The van der Waals surface area contributed by atoms with E-state index < -0.39 is 5.97 Å². The number of anilines is 2. The number of allylic oxidation sites excluding steroid dienone is 3. The summed E-state index contributed by atoms with van der Waals surface area (Å²) < 4.78 is 10.3. The molecule has 6 aromatic carbocycles. The van der Waals surface area contributed by atoms with E-state index in [0.29, 0.717) is 36.9 Å². The first-order valence-corrected chi connectivity index (χ1v) is 37.6. The largest absolute Gasteiger partial charge is 0.481 e. The van der Waals surface area contributed by atoms with Gasteiger partial charge >= 0.3 is 24.2 Å². The van der Waals surface area contributed by atoms with E-state index in [4.69, 9.17) is 34.8 Å². The van der Waals surface area contributed by atoms with Gasteiger partial charge in [-0.25, -0.2) is 4.79 Å². The van der Waals surface area contributed by atoms with E-state index in [9.17, 15) is 39.4 Å². The SMILES string of the molecule is C/C=C/C(=O)OCC.CC(C)(C)Sc1ccc(Br)cc1[N+](=O)[O-].CC/C=C(\C)c1ccc(SC(C)(C)C)c([N+](=O)[O-])c1.CCCC(C)c1ccc(SC(C)(C)C)c(N)c1.Cc1ccc(CC(=O)Nc2cc(C(C)COC=O)ccc2SC(C)(C)C)cc1.Cc1ccc(CC(=O)O)cc1.O=C=O.O=C=O. The van der Waals surface area contributed by atoms with Crippen LogP contribution in [0.25, 0.3) is 5.57 Å². The molecule has 0 heterocycles. The smallest absolute Gasteiger partial charge is 0.373 e. The van der Waals surface area contributed by atoms with Gasteiger partial charge in [0.15, 0.2) is 0 Å². The molecule has 0 saturated carbocycles. The summed E-state index contributed by atoms with van der Waals surface area (Å²) >= 11 is 9.81. The van der Waals surface area contributed by atoms with Crippen LogP contribution in [0, 0.1) is 34.1 Å². The fraction of sp³-hybridized carbons (Fsp3) is 0.425. The van der Waals surface area contributed by atoms with Crippen LogP contribution >= 0.6 is 63.0 Å². The zero-order valence-corrected chi connectivity index (χ0v) is 69.0. The number of nitrogen functional groups attached to an aromatic ring is 1. The number of nitro groups is 2. The van der Waals surface area contributed by atoms with Gasteiger partial charge in [0.25, 0.3) is 17.8 Å². The Morgan fingerprint density at radius 2 is 1.05 bits per heavy atom. The molecule has 6 rings (SSSR count). The van der Waals surface area contributed by atoms with Gasteiger partial charge in [-0.3, -0.25) is 34.6 Å². The molecule has 6 aromatic rings. The van der Waals surface area contributed by atoms with Gasteiger partial charge in [0.2, 0.25) is 5.91 Å². The Balaban J connectivity index is 0. The molecule has 0 bridgehead atoms. The topological polar surface area (TPSA) is 300 Å². The van der Waals surface area contributed by atoms with Crippen molar-refractivity contribution in [2.75, 3.05) is 24.3 Å². The highest BCUT2D eigenvalue weighted by Gasteiger charge is 2.24. The Hall–Kier alpha value is -8.08. The van der Waals surface area contributed by atoms with Gasteiger partial charge in [-0.1, -0.05) is 223 Å². The van der Waals surface area contributed by atoms with Gasteiger partial charge in [-0.05, 0) is 129 Å². The van der Waals surface area contributed by atoms with Crippen LogP contribution in [-0.2, 0) is 60.7 Å². The predicted molar refractivity (Wildman–Crippen MR) is 429 cm³/mol. The Morgan fingerprint density at radius 3 is 1.46 bits per heavy atom. The zero-order valence-electron chi connectivity index (χ0n) is 64.1. The van der Waals surface area contributed by atoms with Crippen molar-refractivity contribution in [3.63, 3.8) is 0 Å². The van der Waals surface area contributed by atoms with Crippen LogP contribution in [0.1, 0.15) is 202 Å². The maximum Gasteiger partial charge on any atom is 0.373 e. The van der Waals surface area contributed by atoms with E-state index in [0.717, 1.165) is 65.4 Å². The highest BCUT2D eigenvalue weighted by molar-refractivity contribution is 9.10. The molecule has 0 saturated heterocycles. The number of nitrogens with one attached hydrogen (secondary N) is 1. The number of nitro benzene ring substituents is 2. The molecule has 0 aliphatic carbocycles. The summed E-state index contributed by atoms with van der Waals surface area (Å²) in [6.07, 6.45) is 9.44. The van der Waals surface area contributed by atoms with Crippen LogP contribution in [-0.4, -0.2) is 83.8 Å². The molecule has 24 heteroatoms. The molecule has 19 nitrogen and oxygen atoms in total. The number of carboxylic acid groups (broad SMARTS) is 1. The van der Waals surface area contributed by atoms with Crippen molar-refractivity contribution >= 4 is 128 Å². The molecule has 2 atom stereocenters. The summed E-state index contributed by atoms with van der Waals surface area (Å²) in [7, 11) is 0. The minimum Gasteiger partial charge on any atom is -0.481 e. The molecule has 4 N–H and O–H groups in total. The van der Waals surface area contributed by atoms with Crippen molar-refractivity contribution in [2.24, 2.45) is 0 Å². The number of thioether (sulfide) groups is 4. The molecule has 0 aliphatic heterocycles. The Bertz CT molecular complexity index is 3760. The van der Waals surface area contributed by atoms with Gasteiger partial charge < -0.3 is 25.6 Å². The Labute approximate surface area is 641 Å². The minimum atomic E-state index is -0.783. The van der Waals surface area contributed by atoms with Gasteiger partial charge in [0.05, 0.1) is 51.4 Å². The second-order valence-electron chi connectivity index (χ2n) is 27.2. The average Bonchev–Trinajstić information content (AvgIpc) is 0.841. The van der Waals surface area contributed by atoms with Crippen LogP contribution in [0.3, 0.4) is 0 Å². The van der Waals surface area contributed by atoms with Crippen molar-refractivity contribution in [3.05, 3.63) is 203 Å². The number of aliphatic carboxylic acids is 1. The number of hydrogen-bond donors (Lipinski definition) is 3. The normalized spacial score (nSPS) is 11.4. The summed E-state index contributed by atoms with van der Waals surface area (Å²) in [5.74, 6) is -0.444. The van der Waals surface area contributed by atoms with Crippen molar-refractivity contribution in [1.29, 1.82) is 0 Å². The number of hydrogen-bond acceptors (Lipinski definition) is 19. The first kappa shape index (κ1) is 98.0. The Kier molecular flexibility index (Phi) is 48.2. The monoisotopic (exact) mass is 1570 g/mol. The van der Waals surface area contributed by atoms with Crippen molar-refractivity contribution in [1.82, 2.24) is 0 Å². The van der Waals surface area contributed by atoms with E-state index in [2.05, 4.69) is 133 Å². The van der Waals surface area contributed by atoms with E-state index in [1.807, 2.05) is 145 Å². The van der Waals surface area contributed by atoms with Crippen molar-refractivity contribution < 1.29 is 62.8 Å². The molecule has 0 spiro atoms. The number of halogens is 1. The fourth-order valence-electron chi connectivity index (χ4n) is 8.63. The summed E-state index contributed by atoms with van der Waals surface area (Å²) in [6, 6.07) is 38.7. The standard InChI is InChI=1S/C23H29NO3S.C15H21NO2S.C15H25NS.C10H12BrNO2S.C9H10O2.C6H10O2.2CO2/c1-16-6-8-18(9-7-16)12-22(26)24-20-13-19(17(2)14-27-15-25)10-11-21(20)28-23(3,4)5;1-6-7-11(2)12-8-9-14(19-15(3,4)5)13(10-12)16(17)18;1-6-7-11(2)12-8-9-14(13(16)10-12)17-15(3,4)5;1-10(2,3)15-9-5-4-7(11)6-8(9)12(13)14;1-7-2-4-8(5-3-7)6-9(10)11;1-3-5-6(7)8-4-2;2*2-1-3/h6-11,13,15,17H,12,14H2,1-5H3,(H,24,26);7-10H,6H2,1-5H3;8-11H,6-7,16H2,1-5H3;4-6H,1-3H3;2-5H,6H2,1H3,(H,10,11);3,5H,4H2,1-2H3;;/b;11-7+;;;;5-3+;;. The van der Waals surface area contributed by atoms with Crippen molar-refractivity contribution in [3.8, 4) is 0 Å². The van der Waals surface area contributed by atoms with Crippen LogP contribution in [0.4, 0.5) is 22.7 Å². The predicted octanol–water partition coefficient (Wildman–Crippen LogP) is 21.5. The molecule has 0 aromatic heterocycles. The number of carboxylic acids is 1. The fourth-order valence-corrected chi connectivity index (χ4v) is 13.0. The maximum absolute atomic E-state index is 12.6. The van der Waals surface area contributed by atoms with Gasteiger partial charge in [0, 0.05) is 63.1 Å². The van der Waals surface area contributed by atoms with Crippen LogP contribution < -0.4 is 11.1 Å². The lowest BCUT2D eigenvalue weighted by Gasteiger charge is -2.22. The van der Waals surface area contributed by atoms with Crippen LogP contribution in [0.2, 0.25) is 0 Å².